The second-order valence-electron chi connectivity index (χ2n) is 12.3. The van der Waals surface area contributed by atoms with Crippen molar-refractivity contribution in [1.29, 1.82) is 0 Å². The van der Waals surface area contributed by atoms with Gasteiger partial charge in [0, 0.05) is 30.7 Å². The Balaban J connectivity index is 1.44. The Labute approximate surface area is 264 Å². The van der Waals surface area contributed by atoms with Gasteiger partial charge < -0.3 is 28.8 Å². The summed E-state index contributed by atoms with van der Waals surface area (Å²) in [5.41, 5.74) is 6.78. The van der Waals surface area contributed by atoms with E-state index in [0.717, 1.165) is 54.8 Å². The molecule has 1 N–H and O–H groups in total. The number of fused-ring (bicyclic) bond motifs is 1. The molecule has 8 bridgehead atoms. The second-order valence-corrected chi connectivity index (χ2v) is 12.3. The Morgan fingerprint density at radius 3 is 2.04 bits per heavy atom. The fraction of sp³-hybridized carbons (Fsp3) is 0.351. The summed E-state index contributed by atoms with van der Waals surface area (Å²) < 4.78 is 30.5. The minimum atomic E-state index is -0.0789. The quantitative estimate of drug-likeness (QED) is 0.271. The van der Waals surface area contributed by atoms with Crippen LogP contribution in [0.4, 0.5) is 0 Å². The molecule has 0 amide bonds. The third kappa shape index (κ3) is 5.32. The topological polar surface area (TPSA) is 72.9 Å². The van der Waals surface area contributed by atoms with Gasteiger partial charge in [-0.05, 0) is 110 Å². The van der Waals surface area contributed by atoms with Crippen LogP contribution in [0.2, 0.25) is 0 Å². The van der Waals surface area contributed by atoms with Crippen LogP contribution in [0.5, 0.6) is 46.0 Å². The van der Waals surface area contributed by atoms with E-state index in [9.17, 15) is 5.11 Å². The molecular weight excluding hydrogens is 568 g/mol. The Morgan fingerprint density at radius 2 is 1.31 bits per heavy atom. The first-order valence-electron chi connectivity index (χ1n) is 15.5. The molecule has 5 aliphatic heterocycles. The number of phenols is 1. The molecule has 0 aromatic heterocycles. The minimum absolute atomic E-state index is 0.0138. The molecule has 4 aromatic carbocycles. The first-order chi connectivity index (χ1) is 21.9. The number of rotatable bonds is 3. The van der Waals surface area contributed by atoms with E-state index in [1.165, 1.54) is 16.7 Å². The summed E-state index contributed by atoms with van der Waals surface area (Å²) >= 11 is 0. The van der Waals surface area contributed by atoms with Crippen LogP contribution in [0.25, 0.3) is 0 Å². The molecule has 8 heteroatoms. The summed E-state index contributed by atoms with van der Waals surface area (Å²) in [7, 11) is 9.20. The molecule has 2 atom stereocenters. The first kappa shape index (κ1) is 29.3. The lowest BCUT2D eigenvalue weighted by atomic mass is 9.87. The molecule has 5 aliphatic rings. The molecule has 4 aromatic rings. The van der Waals surface area contributed by atoms with Crippen LogP contribution in [-0.2, 0) is 25.7 Å². The van der Waals surface area contributed by atoms with Gasteiger partial charge in [-0.15, -0.1) is 0 Å². The van der Waals surface area contributed by atoms with E-state index in [1.807, 2.05) is 30.3 Å². The largest absolute Gasteiger partial charge is 0.502 e. The fourth-order valence-corrected chi connectivity index (χ4v) is 7.10. The lowest BCUT2D eigenvalue weighted by Gasteiger charge is -2.37. The highest BCUT2D eigenvalue weighted by molar-refractivity contribution is 5.63. The summed E-state index contributed by atoms with van der Waals surface area (Å²) in [6, 6.07) is 20.7. The van der Waals surface area contributed by atoms with Crippen LogP contribution in [0, 0.1) is 0 Å². The Morgan fingerprint density at radius 1 is 0.667 bits per heavy atom. The van der Waals surface area contributed by atoms with E-state index >= 15 is 0 Å². The maximum Gasteiger partial charge on any atom is 0.201 e. The smallest absolute Gasteiger partial charge is 0.201 e. The fourth-order valence-electron chi connectivity index (χ4n) is 7.10. The van der Waals surface area contributed by atoms with E-state index in [0.29, 0.717) is 40.9 Å². The van der Waals surface area contributed by atoms with Crippen LogP contribution in [0.3, 0.4) is 0 Å². The predicted molar refractivity (Wildman–Crippen MR) is 173 cm³/mol. The monoisotopic (exact) mass is 608 g/mol. The van der Waals surface area contributed by atoms with Crippen LogP contribution in [0.1, 0.15) is 45.5 Å². The molecule has 0 unspecified atom stereocenters. The minimum Gasteiger partial charge on any atom is -0.502 e. The number of aromatic hydroxyl groups is 1. The maximum absolute atomic E-state index is 11.6. The average molecular weight is 609 g/mol. The van der Waals surface area contributed by atoms with Crippen LogP contribution in [0.15, 0.2) is 60.7 Å². The highest BCUT2D eigenvalue weighted by Gasteiger charge is 2.34. The molecule has 45 heavy (non-hydrogen) atoms. The number of methoxy groups -OCH3 is 3. The van der Waals surface area contributed by atoms with Gasteiger partial charge in [0.25, 0.3) is 0 Å². The molecule has 234 valence electrons. The third-order valence-corrected chi connectivity index (χ3v) is 9.66. The molecule has 5 heterocycles. The molecule has 0 fully saturated rings. The first-order valence-corrected chi connectivity index (χ1v) is 15.5. The number of hydrogen-bond donors (Lipinski definition) is 1. The molecule has 0 saturated carbocycles. The van der Waals surface area contributed by atoms with E-state index in [4.69, 9.17) is 23.7 Å². The van der Waals surface area contributed by atoms with Gasteiger partial charge in [0.1, 0.15) is 5.75 Å². The number of phenolic OH excluding ortho intramolecular Hbond substituents is 1. The van der Waals surface area contributed by atoms with Gasteiger partial charge in [0.15, 0.2) is 34.5 Å². The Kier molecular flexibility index (Phi) is 7.71. The van der Waals surface area contributed by atoms with Crippen molar-refractivity contribution < 1.29 is 28.8 Å². The molecule has 0 radical (unpaired) electrons. The van der Waals surface area contributed by atoms with Crippen LogP contribution in [-0.4, -0.2) is 63.4 Å². The highest BCUT2D eigenvalue weighted by Crippen LogP contribution is 2.51. The average Bonchev–Trinajstić information content (AvgIpc) is 3.05. The second kappa shape index (κ2) is 11.8. The van der Waals surface area contributed by atoms with Crippen molar-refractivity contribution in [1.82, 2.24) is 9.80 Å². The van der Waals surface area contributed by atoms with Crippen molar-refractivity contribution >= 4 is 0 Å². The maximum atomic E-state index is 11.6. The SMILES string of the molecule is COc1ccc2cc1Oc1ccc(cc1)C[C@H]1c3cc(OC)c(cc3CCN1C)Oc1c(O)c(OC)cc3c1[C@@H](C2)N(C)CC3. The zero-order chi connectivity index (χ0) is 31.2. The molecule has 9 rings (SSSR count). The number of benzene rings is 4. The van der Waals surface area contributed by atoms with E-state index in [-0.39, 0.29) is 17.8 Å². The van der Waals surface area contributed by atoms with Gasteiger partial charge in [-0.25, -0.2) is 0 Å². The van der Waals surface area contributed by atoms with Gasteiger partial charge in [0.2, 0.25) is 5.75 Å². The highest BCUT2D eigenvalue weighted by atomic mass is 16.5. The Hall–Kier alpha value is -4.40. The number of nitrogens with zero attached hydrogens (tertiary/aromatic N) is 2. The number of likely N-dealkylation sites (N-methyl/N-ethyl adjacent to an activating group) is 2. The van der Waals surface area contributed by atoms with Crippen molar-refractivity contribution in [2.24, 2.45) is 0 Å². The van der Waals surface area contributed by atoms with E-state index in [1.54, 1.807) is 21.3 Å². The predicted octanol–water partition coefficient (Wildman–Crippen LogP) is 6.86. The van der Waals surface area contributed by atoms with Crippen molar-refractivity contribution in [2.75, 3.05) is 48.5 Å². The zero-order valence-electron chi connectivity index (χ0n) is 26.6. The van der Waals surface area contributed by atoms with Gasteiger partial charge in [-0.3, -0.25) is 9.80 Å². The lowest BCUT2D eigenvalue weighted by Crippen LogP contribution is -2.34. The summed E-state index contributed by atoms with van der Waals surface area (Å²) in [5, 5.41) is 11.6. The standard InChI is InChI=1S/C37H40N2O6/c1-38-14-12-24-19-33-31(42-4)21-27(24)28(38)16-22-6-9-26(10-7-22)44-32-18-23(8-11-30(32)41-3)17-29-35-25(13-15-39(29)2)20-34(43-5)36(40)37(35)45-33/h6-11,18-21,28-29,40H,12-17H2,1-5H3/t28-,29+/m0/s1. The van der Waals surface area contributed by atoms with Gasteiger partial charge in [-0.2, -0.15) is 0 Å². The summed E-state index contributed by atoms with van der Waals surface area (Å²) in [5.74, 6) is 4.09. The normalized spacial score (nSPS) is 19.4. The van der Waals surface area contributed by atoms with Gasteiger partial charge in [0.05, 0.1) is 21.3 Å². The molecular formula is C37H40N2O6. The van der Waals surface area contributed by atoms with Crippen LogP contribution < -0.4 is 23.7 Å². The number of ether oxygens (including phenoxy) is 5. The summed E-state index contributed by atoms with van der Waals surface area (Å²) in [6.07, 6.45) is 3.20. The van der Waals surface area contributed by atoms with E-state index < -0.39 is 0 Å². The summed E-state index contributed by atoms with van der Waals surface area (Å²) in [4.78, 5) is 4.72. The van der Waals surface area contributed by atoms with Gasteiger partial charge in [-0.1, -0.05) is 18.2 Å². The van der Waals surface area contributed by atoms with Crippen molar-refractivity contribution in [2.45, 2.75) is 37.8 Å². The van der Waals surface area contributed by atoms with Crippen molar-refractivity contribution in [3.05, 3.63) is 94.0 Å². The van der Waals surface area contributed by atoms with Crippen molar-refractivity contribution in [3.8, 4) is 46.0 Å². The molecule has 0 spiro atoms. The van der Waals surface area contributed by atoms with Crippen LogP contribution >= 0.6 is 0 Å². The Bertz CT molecular complexity index is 1740. The molecule has 0 aliphatic carbocycles. The van der Waals surface area contributed by atoms with Crippen molar-refractivity contribution in [3.63, 3.8) is 0 Å². The lowest BCUT2D eigenvalue weighted by molar-refractivity contribution is 0.221. The molecule has 8 nitrogen and oxygen atoms in total. The summed E-state index contributed by atoms with van der Waals surface area (Å²) in [6.45, 7) is 1.78. The molecule has 0 saturated heterocycles. The van der Waals surface area contributed by atoms with Gasteiger partial charge >= 0.3 is 0 Å². The zero-order valence-corrected chi connectivity index (χ0v) is 26.6. The van der Waals surface area contributed by atoms with E-state index in [2.05, 4.69) is 54.2 Å². The third-order valence-electron chi connectivity index (χ3n) is 9.66. The number of hydrogen-bond acceptors (Lipinski definition) is 8.